The molecule has 304 valence electrons. The van der Waals surface area contributed by atoms with Crippen molar-refractivity contribution >= 4 is 17.5 Å². The van der Waals surface area contributed by atoms with Gasteiger partial charge in [0, 0.05) is 36.8 Å². The molecule has 13 nitrogen and oxygen atoms in total. The number of fused-ring (bicyclic) bond motifs is 4. The van der Waals surface area contributed by atoms with Crippen molar-refractivity contribution in [3.63, 3.8) is 0 Å². The highest BCUT2D eigenvalue weighted by molar-refractivity contribution is 5.91. The van der Waals surface area contributed by atoms with Gasteiger partial charge in [0.05, 0.1) is 11.8 Å². The first kappa shape index (κ1) is 38.0. The van der Waals surface area contributed by atoms with Gasteiger partial charge in [-0.2, -0.15) is 8.78 Å². The van der Waals surface area contributed by atoms with E-state index in [1.54, 1.807) is 0 Å². The number of carbonyl (C=O) groups is 1. The van der Waals surface area contributed by atoms with E-state index < -0.39 is 54.2 Å². The number of alkyl halides is 2. The summed E-state index contributed by atoms with van der Waals surface area (Å²) in [5.41, 5.74) is -0.710. The van der Waals surface area contributed by atoms with Crippen LogP contribution in [-0.2, 0) is 43.3 Å². The van der Waals surface area contributed by atoms with Crippen LogP contribution < -0.4 is 10.1 Å². The average molecular weight is 777 g/mol. The number of halogens is 2. The lowest BCUT2D eigenvalue weighted by Crippen LogP contribution is -2.71. The van der Waals surface area contributed by atoms with Crippen molar-refractivity contribution in [2.45, 2.75) is 154 Å². The van der Waals surface area contributed by atoms with Crippen LogP contribution in [0.1, 0.15) is 99.3 Å². The minimum Gasteiger partial charge on any atom is -0.435 e. The third kappa shape index (κ3) is 6.21. The van der Waals surface area contributed by atoms with E-state index >= 15 is 0 Å². The molecule has 2 aliphatic carbocycles. The molecule has 16 atom stereocenters. The van der Waals surface area contributed by atoms with Gasteiger partial charge in [-0.1, -0.05) is 32.9 Å². The largest absolute Gasteiger partial charge is 0.437 e. The molecule has 2 spiro atoms. The van der Waals surface area contributed by atoms with E-state index in [2.05, 4.69) is 42.9 Å². The summed E-state index contributed by atoms with van der Waals surface area (Å²) in [5.74, 6) is -0.760. The fourth-order valence-electron chi connectivity index (χ4n) is 11.9. The predicted octanol–water partition coefficient (Wildman–Crippen LogP) is 8.08. The molecule has 11 rings (SSSR count). The van der Waals surface area contributed by atoms with Crippen LogP contribution in [0.25, 0.3) is 0 Å². The van der Waals surface area contributed by atoms with Gasteiger partial charge < -0.3 is 23.7 Å². The molecular formula is C40H54F2N2O11. The second-order valence-electron chi connectivity index (χ2n) is 18.0. The fourth-order valence-corrected chi connectivity index (χ4v) is 11.9. The molecule has 1 aromatic carbocycles. The van der Waals surface area contributed by atoms with Crippen molar-refractivity contribution in [1.82, 2.24) is 0 Å². The molecular weight excluding hydrogens is 722 g/mol. The Labute approximate surface area is 320 Å². The normalized spacial score (nSPS) is 48.6. The predicted molar refractivity (Wildman–Crippen MR) is 189 cm³/mol. The van der Waals surface area contributed by atoms with Crippen molar-refractivity contribution < 1.29 is 61.6 Å². The van der Waals surface area contributed by atoms with Gasteiger partial charge in [-0.05, 0) is 112 Å². The van der Waals surface area contributed by atoms with Crippen LogP contribution in [0.15, 0.2) is 29.4 Å². The summed E-state index contributed by atoms with van der Waals surface area (Å²) < 4.78 is 57.1. The molecule has 8 aliphatic heterocycles. The maximum Gasteiger partial charge on any atom is 0.437 e. The van der Waals surface area contributed by atoms with E-state index in [9.17, 15) is 13.6 Å². The molecule has 15 heteroatoms. The highest BCUT2D eigenvalue weighted by Crippen LogP contribution is 2.63. The lowest BCUT2D eigenvalue weighted by Gasteiger charge is -2.61. The van der Waals surface area contributed by atoms with Crippen LogP contribution in [0, 0.1) is 47.3 Å². The van der Waals surface area contributed by atoms with Crippen molar-refractivity contribution in [3.8, 4) is 5.75 Å². The number of carbonyl (C=O) groups excluding carboxylic acids is 1. The summed E-state index contributed by atoms with van der Waals surface area (Å²) in [6.07, 6.45) is 4.13. The van der Waals surface area contributed by atoms with Gasteiger partial charge >= 0.3 is 12.7 Å². The summed E-state index contributed by atoms with van der Waals surface area (Å²) in [4.78, 5) is 43.8. The van der Waals surface area contributed by atoms with Crippen molar-refractivity contribution in [2.75, 3.05) is 5.32 Å². The van der Waals surface area contributed by atoms with Crippen LogP contribution >= 0.6 is 0 Å². The van der Waals surface area contributed by atoms with Gasteiger partial charge in [0.1, 0.15) is 11.9 Å². The second kappa shape index (κ2) is 13.8. The number of benzene rings is 1. The van der Waals surface area contributed by atoms with E-state index in [0.717, 1.165) is 38.5 Å². The Kier molecular flexibility index (Phi) is 9.56. The van der Waals surface area contributed by atoms with Crippen LogP contribution in [0.4, 0.5) is 19.3 Å². The summed E-state index contributed by atoms with van der Waals surface area (Å²) >= 11 is 0. The maximum atomic E-state index is 13.3. The Balaban J connectivity index is 1.03. The minimum atomic E-state index is -2.96. The number of amides is 1. The molecule has 2 unspecified atom stereocenters. The van der Waals surface area contributed by atoms with Crippen molar-refractivity contribution in [1.29, 1.82) is 0 Å². The van der Waals surface area contributed by atoms with Crippen molar-refractivity contribution in [2.24, 2.45) is 52.5 Å². The first-order chi connectivity index (χ1) is 26.2. The zero-order chi connectivity index (χ0) is 38.5. The first-order valence-corrected chi connectivity index (χ1v) is 20.2. The molecule has 8 heterocycles. The molecule has 8 saturated heterocycles. The molecule has 0 radical (unpaired) electrons. The lowest BCUT2D eigenvalue weighted by atomic mass is 9.56. The van der Waals surface area contributed by atoms with E-state index in [-0.39, 0.29) is 53.8 Å². The van der Waals surface area contributed by atoms with Gasteiger partial charge in [0.15, 0.2) is 23.8 Å². The van der Waals surface area contributed by atoms with E-state index in [0.29, 0.717) is 36.1 Å². The van der Waals surface area contributed by atoms with Crippen LogP contribution in [0.2, 0.25) is 0 Å². The zero-order valence-corrected chi connectivity index (χ0v) is 32.4. The zero-order valence-electron chi connectivity index (χ0n) is 32.4. The molecule has 1 amide bonds. The van der Waals surface area contributed by atoms with Gasteiger partial charge in [-0.3, -0.25) is 10.2 Å². The third-order valence-corrected chi connectivity index (χ3v) is 14.8. The Morgan fingerprint density at radius 3 is 1.93 bits per heavy atom. The SMILES string of the molecule is C[C@H]1[C@@H](/C(C[C@H]2O[C@@H]3O[C@]4(C)CC[C@H]5[C@H](C)CC[C@@H]([C@H]2C)C35OO4)=N\OC(=O)Nc2ccc(OC(F)F)cc2)O[C@@H]2O[C@]3(C)CC[C@H]4[C@H](C)CC[C@@H]1C24OO3. The molecule has 10 aliphatic rings. The average Bonchev–Trinajstić information content (AvgIpc) is 3.52. The number of hydrogen-bond acceptors (Lipinski definition) is 12. The number of oxime groups is 1. The summed E-state index contributed by atoms with van der Waals surface area (Å²) in [6.45, 7) is 9.72. The van der Waals surface area contributed by atoms with E-state index in [1.165, 1.54) is 24.3 Å². The van der Waals surface area contributed by atoms with Gasteiger partial charge in [0.2, 0.25) is 11.6 Å². The monoisotopic (exact) mass is 776 g/mol. The minimum absolute atomic E-state index is 0.000146. The van der Waals surface area contributed by atoms with Crippen molar-refractivity contribution in [3.05, 3.63) is 24.3 Å². The number of hydrogen-bond donors (Lipinski definition) is 1. The van der Waals surface area contributed by atoms with Crippen LogP contribution in [0.5, 0.6) is 5.75 Å². The molecule has 4 bridgehead atoms. The quantitative estimate of drug-likeness (QED) is 0.125. The summed E-state index contributed by atoms with van der Waals surface area (Å²) in [7, 11) is 0. The number of anilines is 1. The Morgan fingerprint density at radius 1 is 0.782 bits per heavy atom. The molecule has 55 heavy (non-hydrogen) atoms. The highest BCUT2D eigenvalue weighted by atomic mass is 19.3. The topological polar surface area (TPSA) is 134 Å². The lowest BCUT2D eigenvalue weighted by molar-refractivity contribution is -0.571. The summed E-state index contributed by atoms with van der Waals surface area (Å²) in [6, 6.07) is 5.54. The number of ether oxygens (including phenoxy) is 5. The summed E-state index contributed by atoms with van der Waals surface area (Å²) in [5, 5.41) is 7.19. The van der Waals surface area contributed by atoms with E-state index in [1.807, 2.05) is 13.8 Å². The molecule has 1 N–H and O–H groups in total. The highest BCUT2D eigenvalue weighted by Gasteiger charge is 2.71. The smallest absolute Gasteiger partial charge is 0.435 e. The van der Waals surface area contributed by atoms with Gasteiger partial charge in [-0.25, -0.2) is 24.3 Å². The fraction of sp³-hybridized carbons (Fsp3) is 0.800. The Morgan fingerprint density at radius 2 is 1.35 bits per heavy atom. The molecule has 10 fully saturated rings. The first-order valence-electron chi connectivity index (χ1n) is 20.2. The number of nitrogens with one attached hydrogen (secondary N) is 1. The molecule has 1 aromatic rings. The number of rotatable bonds is 7. The second-order valence-corrected chi connectivity index (χ2v) is 18.0. The molecule has 0 aromatic heterocycles. The third-order valence-electron chi connectivity index (χ3n) is 14.8. The van der Waals surface area contributed by atoms with Crippen LogP contribution in [-0.4, -0.2) is 66.0 Å². The van der Waals surface area contributed by atoms with Gasteiger partial charge in [-0.15, -0.1) is 0 Å². The Hall–Kier alpha value is -2.50. The molecule has 2 saturated carbocycles. The van der Waals surface area contributed by atoms with E-state index in [4.69, 9.17) is 43.3 Å². The van der Waals surface area contributed by atoms with Crippen LogP contribution in [0.3, 0.4) is 0 Å². The van der Waals surface area contributed by atoms with Gasteiger partial charge in [0.25, 0.3) is 0 Å². The number of nitrogens with zero attached hydrogens (tertiary/aromatic N) is 1. The Bertz CT molecular complexity index is 1650. The maximum absolute atomic E-state index is 13.3. The standard InChI is InChI=1S/C40H54F2N2O11/c1-20-7-13-28-22(3)31(47-33-39(28)26(20)15-17-37(5,49-33)52-54-39)19-30(44-51-36(45)43-24-9-11-25(12-10-24)46-35(41)42)32-23(4)29-14-8-21(2)27-16-18-38(6)50-34(48-32)40(27,29)55-53-38/h9-12,20-23,26-29,31-35H,7-8,13-19H2,1-6H3,(H,43,45)/b44-30-/t20-,21-,22-,23-,26+,27+,28+,29+,31-,32+,33-,34-,37+,38+,39?,40?/m1/s1.